The Bertz CT molecular complexity index is 368. The normalized spacial score (nSPS) is 15.7. The molecule has 0 fully saturated rings. The Balaban J connectivity index is 2.88. The Morgan fingerprint density at radius 1 is 0.905 bits per heavy atom. The first-order chi connectivity index (χ1) is 10.2. The van der Waals surface area contributed by atoms with Crippen LogP contribution in [0.5, 0.6) is 0 Å². The van der Waals surface area contributed by atoms with Crippen molar-refractivity contribution in [2.75, 3.05) is 6.54 Å². The molecule has 1 aromatic carbocycles. The average Bonchev–Trinajstić information content (AvgIpc) is 2.54. The lowest BCUT2D eigenvalue weighted by Gasteiger charge is -2.28. The number of hydrogen-bond donors (Lipinski definition) is 1. The lowest BCUT2D eigenvalue weighted by molar-refractivity contribution is 0.328. The third-order valence-corrected chi connectivity index (χ3v) is 4.83. The minimum absolute atomic E-state index is 0.512. The number of rotatable bonds is 10. The van der Waals surface area contributed by atoms with Crippen molar-refractivity contribution >= 4 is 0 Å². The molecule has 0 radical (unpaired) electrons. The van der Waals surface area contributed by atoms with Crippen LogP contribution in [0, 0.1) is 5.92 Å². The predicted octanol–water partition coefficient (Wildman–Crippen LogP) is 6.07. The van der Waals surface area contributed by atoms with Crippen LogP contribution in [0.3, 0.4) is 0 Å². The standard InChI is InChI=1S/C20H35N/c1-6-10-11-17(8-3)20(21-9-4)19-14-12-18(13-15-19)16(5)7-2/h12-17,20-21H,6-11H2,1-5H3. The van der Waals surface area contributed by atoms with Crippen LogP contribution in [0.1, 0.15) is 89.8 Å². The van der Waals surface area contributed by atoms with Crippen LogP contribution >= 0.6 is 0 Å². The molecule has 1 rings (SSSR count). The van der Waals surface area contributed by atoms with Crippen molar-refractivity contribution < 1.29 is 0 Å². The van der Waals surface area contributed by atoms with E-state index in [1.807, 2.05) is 0 Å². The van der Waals surface area contributed by atoms with Crippen LogP contribution in [-0.4, -0.2) is 6.54 Å². The maximum absolute atomic E-state index is 3.72. The molecule has 1 nitrogen and oxygen atoms in total. The van der Waals surface area contributed by atoms with Gasteiger partial charge in [0.2, 0.25) is 0 Å². The highest BCUT2D eigenvalue weighted by Gasteiger charge is 2.20. The van der Waals surface area contributed by atoms with Crippen LogP contribution in [-0.2, 0) is 0 Å². The van der Waals surface area contributed by atoms with Gasteiger partial charge < -0.3 is 5.32 Å². The summed E-state index contributed by atoms with van der Waals surface area (Å²) in [5.41, 5.74) is 2.94. The van der Waals surface area contributed by atoms with Gasteiger partial charge in [0.15, 0.2) is 0 Å². The van der Waals surface area contributed by atoms with E-state index in [1.54, 1.807) is 0 Å². The molecule has 0 spiro atoms. The molecule has 21 heavy (non-hydrogen) atoms. The van der Waals surface area contributed by atoms with Gasteiger partial charge in [-0.1, -0.05) is 78.1 Å². The topological polar surface area (TPSA) is 12.0 Å². The smallest absolute Gasteiger partial charge is 0.0348 e. The Kier molecular flexibility index (Phi) is 8.68. The number of benzene rings is 1. The largest absolute Gasteiger partial charge is 0.310 e. The summed E-state index contributed by atoms with van der Waals surface area (Å²) in [4.78, 5) is 0. The minimum atomic E-state index is 0.512. The minimum Gasteiger partial charge on any atom is -0.310 e. The molecule has 0 saturated carbocycles. The summed E-state index contributed by atoms with van der Waals surface area (Å²) < 4.78 is 0. The van der Waals surface area contributed by atoms with E-state index in [-0.39, 0.29) is 0 Å². The summed E-state index contributed by atoms with van der Waals surface area (Å²) in [5.74, 6) is 1.41. The molecule has 0 saturated heterocycles. The molecule has 0 aliphatic heterocycles. The maximum atomic E-state index is 3.72. The van der Waals surface area contributed by atoms with Crippen molar-refractivity contribution in [2.45, 2.75) is 78.7 Å². The molecule has 0 aromatic heterocycles. The highest BCUT2D eigenvalue weighted by molar-refractivity contribution is 5.27. The van der Waals surface area contributed by atoms with Gasteiger partial charge in [0.1, 0.15) is 0 Å². The maximum Gasteiger partial charge on any atom is 0.0348 e. The van der Waals surface area contributed by atoms with Gasteiger partial charge in [0.05, 0.1) is 0 Å². The van der Waals surface area contributed by atoms with Crippen molar-refractivity contribution in [1.29, 1.82) is 0 Å². The zero-order chi connectivity index (χ0) is 15.7. The van der Waals surface area contributed by atoms with E-state index in [2.05, 4.69) is 64.2 Å². The second kappa shape index (κ2) is 10.00. The quantitative estimate of drug-likeness (QED) is 0.551. The fraction of sp³-hybridized carbons (Fsp3) is 0.700. The van der Waals surface area contributed by atoms with E-state index in [0.29, 0.717) is 12.0 Å². The lowest BCUT2D eigenvalue weighted by Crippen LogP contribution is -2.28. The molecular formula is C20H35N. The van der Waals surface area contributed by atoms with E-state index in [4.69, 9.17) is 0 Å². The van der Waals surface area contributed by atoms with Crippen LogP contribution in [0.4, 0.5) is 0 Å². The van der Waals surface area contributed by atoms with Crippen molar-refractivity contribution in [3.63, 3.8) is 0 Å². The first-order valence-corrected chi connectivity index (χ1v) is 9.00. The molecule has 120 valence electrons. The van der Waals surface area contributed by atoms with Crippen molar-refractivity contribution in [1.82, 2.24) is 5.32 Å². The highest BCUT2D eigenvalue weighted by atomic mass is 14.9. The molecule has 0 aliphatic rings. The summed E-state index contributed by atoms with van der Waals surface area (Å²) in [6, 6.07) is 9.88. The third kappa shape index (κ3) is 5.47. The first kappa shape index (κ1) is 18.2. The summed E-state index contributed by atoms with van der Waals surface area (Å²) in [5, 5.41) is 3.72. The Morgan fingerprint density at radius 3 is 2.00 bits per heavy atom. The zero-order valence-corrected chi connectivity index (χ0v) is 14.8. The van der Waals surface area contributed by atoms with E-state index in [0.717, 1.165) is 12.5 Å². The Hall–Kier alpha value is -0.820. The van der Waals surface area contributed by atoms with E-state index < -0.39 is 0 Å². The molecule has 1 aromatic rings. The summed E-state index contributed by atoms with van der Waals surface area (Å²) in [7, 11) is 0. The molecule has 3 unspecified atom stereocenters. The van der Waals surface area contributed by atoms with Gasteiger partial charge in [0, 0.05) is 6.04 Å². The van der Waals surface area contributed by atoms with Crippen LogP contribution < -0.4 is 5.32 Å². The number of hydrogen-bond acceptors (Lipinski definition) is 1. The fourth-order valence-corrected chi connectivity index (χ4v) is 3.12. The zero-order valence-electron chi connectivity index (χ0n) is 14.8. The molecule has 0 aliphatic carbocycles. The Morgan fingerprint density at radius 2 is 1.52 bits per heavy atom. The molecule has 0 amide bonds. The molecule has 1 N–H and O–H groups in total. The van der Waals surface area contributed by atoms with Gasteiger partial charge in [-0.05, 0) is 42.3 Å². The fourth-order valence-electron chi connectivity index (χ4n) is 3.12. The van der Waals surface area contributed by atoms with Gasteiger partial charge in [-0.15, -0.1) is 0 Å². The number of nitrogens with one attached hydrogen (secondary N) is 1. The second-order valence-corrected chi connectivity index (χ2v) is 6.32. The first-order valence-electron chi connectivity index (χ1n) is 9.00. The van der Waals surface area contributed by atoms with Crippen LogP contribution in [0.15, 0.2) is 24.3 Å². The van der Waals surface area contributed by atoms with Gasteiger partial charge in [-0.25, -0.2) is 0 Å². The molecular weight excluding hydrogens is 254 g/mol. The average molecular weight is 290 g/mol. The van der Waals surface area contributed by atoms with E-state index in [9.17, 15) is 0 Å². The summed E-state index contributed by atoms with van der Waals surface area (Å²) in [6.07, 6.45) is 6.43. The Labute approximate surface area is 132 Å². The predicted molar refractivity (Wildman–Crippen MR) is 94.9 cm³/mol. The van der Waals surface area contributed by atoms with Gasteiger partial charge in [0.25, 0.3) is 0 Å². The SMILES string of the molecule is CCCCC(CC)C(NCC)c1ccc(C(C)CC)cc1. The third-order valence-electron chi connectivity index (χ3n) is 4.83. The van der Waals surface area contributed by atoms with Gasteiger partial charge in [-0.3, -0.25) is 0 Å². The molecule has 0 heterocycles. The lowest BCUT2D eigenvalue weighted by atomic mass is 9.86. The van der Waals surface area contributed by atoms with Crippen LogP contribution in [0.25, 0.3) is 0 Å². The summed E-state index contributed by atoms with van der Waals surface area (Å²) in [6.45, 7) is 12.5. The van der Waals surface area contributed by atoms with Crippen LogP contribution in [0.2, 0.25) is 0 Å². The number of unbranched alkanes of at least 4 members (excludes halogenated alkanes) is 1. The van der Waals surface area contributed by atoms with Gasteiger partial charge >= 0.3 is 0 Å². The highest BCUT2D eigenvalue weighted by Crippen LogP contribution is 2.30. The van der Waals surface area contributed by atoms with E-state index >= 15 is 0 Å². The molecule has 1 heteroatoms. The van der Waals surface area contributed by atoms with Crippen molar-refractivity contribution in [3.05, 3.63) is 35.4 Å². The van der Waals surface area contributed by atoms with Crippen molar-refractivity contribution in [3.8, 4) is 0 Å². The van der Waals surface area contributed by atoms with Gasteiger partial charge in [-0.2, -0.15) is 0 Å². The van der Waals surface area contributed by atoms with E-state index in [1.165, 1.54) is 43.2 Å². The second-order valence-electron chi connectivity index (χ2n) is 6.32. The molecule has 0 bridgehead atoms. The molecule has 3 atom stereocenters. The monoisotopic (exact) mass is 289 g/mol. The van der Waals surface area contributed by atoms with Crippen molar-refractivity contribution in [2.24, 2.45) is 5.92 Å². The summed E-state index contributed by atoms with van der Waals surface area (Å²) >= 11 is 0.